The summed E-state index contributed by atoms with van der Waals surface area (Å²) in [5.74, 6) is 0.606. The van der Waals surface area contributed by atoms with E-state index in [1.807, 2.05) is 72.8 Å². The zero-order chi connectivity index (χ0) is 23.0. The molecule has 33 heavy (non-hydrogen) atoms. The van der Waals surface area contributed by atoms with E-state index >= 15 is 0 Å². The molecule has 4 aromatic rings. The maximum atomic E-state index is 12.5. The van der Waals surface area contributed by atoms with Crippen LogP contribution in [0.3, 0.4) is 0 Å². The molecular weight excluding hydrogens is 428 g/mol. The maximum absolute atomic E-state index is 12.5. The highest BCUT2D eigenvalue weighted by Gasteiger charge is 2.15. The van der Waals surface area contributed by atoms with Gasteiger partial charge in [0.25, 0.3) is 0 Å². The minimum atomic E-state index is -0.103. The second-order valence-electron chi connectivity index (χ2n) is 7.79. The van der Waals surface area contributed by atoms with E-state index in [0.717, 1.165) is 34.6 Å². The van der Waals surface area contributed by atoms with Crippen molar-refractivity contribution in [2.45, 2.75) is 31.3 Å². The number of thioether (sulfide) groups is 1. The molecule has 0 aliphatic heterocycles. The number of benzene rings is 3. The molecular formula is C27H26N4OS. The highest BCUT2D eigenvalue weighted by Crippen LogP contribution is 2.29. The van der Waals surface area contributed by atoms with Gasteiger partial charge in [-0.25, -0.2) is 4.98 Å². The van der Waals surface area contributed by atoms with E-state index in [1.54, 1.807) is 0 Å². The second-order valence-corrected chi connectivity index (χ2v) is 8.73. The highest BCUT2D eigenvalue weighted by atomic mass is 32.2. The molecule has 1 N–H and O–H groups in total. The van der Waals surface area contributed by atoms with Crippen molar-refractivity contribution in [2.75, 3.05) is 11.1 Å². The lowest BCUT2D eigenvalue weighted by Gasteiger charge is -2.11. The van der Waals surface area contributed by atoms with Crippen LogP contribution in [0.2, 0.25) is 0 Å². The number of aromatic nitrogens is 3. The van der Waals surface area contributed by atoms with E-state index in [-0.39, 0.29) is 11.7 Å². The van der Waals surface area contributed by atoms with Gasteiger partial charge in [-0.2, -0.15) is 0 Å². The Morgan fingerprint density at radius 3 is 2.06 bits per heavy atom. The normalized spacial score (nSPS) is 11.7. The number of hydrogen-bond acceptors (Lipinski definition) is 5. The topological polar surface area (TPSA) is 67.8 Å². The Kier molecular flexibility index (Phi) is 7.47. The van der Waals surface area contributed by atoms with Crippen LogP contribution in [0.1, 0.15) is 31.7 Å². The lowest BCUT2D eigenvalue weighted by atomic mass is 9.99. The summed E-state index contributed by atoms with van der Waals surface area (Å²) in [6, 6.07) is 27.8. The molecule has 0 bridgehead atoms. The van der Waals surface area contributed by atoms with E-state index < -0.39 is 0 Å². The molecule has 3 aromatic carbocycles. The molecule has 1 heterocycles. The van der Waals surface area contributed by atoms with Crippen LogP contribution in [0, 0.1) is 0 Å². The van der Waals surface area contributed by atoms with Gasteiger partial charge in [0.15, 0.2) is 0 Å². The summed E-state index contributed by atoms with van der Waals surface area (Å²) in [6.45, 7) is 4.37. The average molecular weight is 455 g/mol. The molecule has 0 saturated heterocycles. The number of rotatable bonds is 8. The zero-order valence-electron chi connectivity index (χ0n) is 18.7. The Morgan fingerprint density at radius 2 is 1.45 bits per heavy atom. The van der Waals surface area contributed by atoms with Crippen molar-refractivity contribution in [3.05, 3.63) is 90.5 Å². The van der Waals surface area contributed by atoms with Crippen LogP contribution in [-0.2, 0) is 4.79 Å². The van der Waals surface area contributed by atoms with Crippen LogP contribution < -0.4 is 5.32 Å². The Hall–Kier alpha value is -3.51. The highest BCUT2D eigenvalue weighted by molar-refractivity contribution is 7.99. The minimum absolute atomic E-state index is 0.103. The lowest BCUT2D eigenvalue weighted by molar-refractivity contribution is -0.113. The van der Waals surface area contributed by atoms with Gasteiger partial charge >= 0.3 is 0 Å². The lowest BCUT2D eigenvalue weighted by Crippen LogP contribution is -2.14. The van der Waals surface area contributed by atoms with Gasteiger partial charge in [0.05, 0.1) is 5.75 Å². The Morgan fingerprint density at radius 1 is 0.848 bits per heavy atom. The molecule has 0 spiro atoms. The largest absolute Gasteiger partial charge is 0.325 e. The molecule has 5 nitrogen and oxygen atoms in total. The van der Waals surface area contributed by atoms with Crippen molar-refractivity contribution in [3.63, 3.8) is 0 Å². The van der Waals surface area contributed by atoms with E-state index in [9.17, 15) is 4.79 Å². The van der Waals surface area contributed by atoms with Crippen LogP contribution in [0.5, 0.6) is 0 Å². The number of nitrogens with zero attached hydrogens (tertiary/aromatic N) is 3. The molecule has 0 saturated carbocycles. The molecule has 1 unspecified atom stereocenters. The molecule has 166 valence electrons. The standard InChI is InChI=1S/C27H26N4OS/c1-3-19(2)20-14-16-23(17-15-20)28-24(32)18-33-27-29-25(21-10-6-4-7-11-21)26(30-31-27)22-12-8-5-9-13-22/h4-17,19H,3,18H2,1-2H3,(H,28,32). The Balaban J connectivity index is 1.48. The third-order valence-corrected chi connectivity index (χ3v) is 6.31. The van der Waals surface area contributed by atoms with Crippen LogP contribution in [-0.4, -0.2) is 26.8 Å². The summed E-state index contributed by atoms with van der Waals surface area (Å²) in [5, 5.41) is 12.2. The molecule has 1 atom stereocenters. The Labute approximate surface area is 198 Å². The van der Waals surface area contributed by atoms with Crippen LogP contribution >= 0.6 is 11.8 Å². The van der Waals surface area contributed by atoms with Crippen molar-refractivity contribution in [1.82, 2.24) is 15.2 Å². The van der Waals surface area contributed by atoms with Gasteiger partial charge in [-0.15, -0.1) is 10.2 Å². The fourth-order valence-electron chi connectivity index (χ4n) is 3.42. The van der Waals surface area contributed by atoms with Gasteiger partial charge in [0.1, 0.15) is 11.4 Å². The summed E-state index contributed by atoms with van der Waals surface area (Å²) in [4.78, 5) is 17.2. The predicted octanol–water partition coefficient (Wildman–Crippen LogP) is 6.45. The molecule has 1 aromatic heterocycles. The molecule has 4 rings (SSSR count). The molecule has 0 fully saturated rings. The van der Waals surface area contributed by atoms with Gasteiger partial charge in [-0.05, 0) is 30.0 Å². The minimum Gasteiger partial charge on any atom is -0.325 e. The van der Waals surface area contributed by atoms with Crippen molar-refractivity contribution >= 4 is 23.4 Å². The van der Waals surface area contributed by atoms with E-state index in [4.69, 9.17) is 4.98 Å². The van der Waals surface area contributed by atoms with Gasteiger partial charge in [-0.1, -0.05) is 98.4 Å². The van der Waals surface area contributed by atoms with Crippen LogP contribution in [0.25, 0.3) is 22.5 Å². The van der Waals surface area contributed by atoms with Crippen LogP contribution in [0.15, 0.2) is 90.1 Å². The fourth-order valence-corrected chi connectivity index (χ4v) is 4.00. The van der Waals surface area contributed by atoms with Gasteiger partial charge in [0.2, 0.25) is 11.1 Å². The SMILES string of the molecule is CCC(C)c1ccc(NC(=O)CSc2nnc(-c3ccccc3)c(-c3ccccc3)n2)cc1. The van der Waals surface area contributed by atoms with Gasteiger partial charge in [0, 0.05) is 16.8 Å². The first-order valence-electron chi connectivity index (χ1n) is 11.0. The van der Waals surface area contributed by atoms with E-state index in [2.05, 4.69) is 41.5 Å². The summed E-state index contributed by atoms with van der Waals surface area (Å²) in [5.41, 5.74) is 5.44. The molecule has 0 aliphatic carbocycles. The van der Waals surface area contributed by atoms with E-state index in [1.165, 1.54) is 17.3 Å². The number of amides is 1. The van der Waals surface area contributed by atoms with E-state index in [0.29, 0.717) is 11.1 Å². The Bertz CT molecular complexity index is 1200. The fraction of sp³-hybridized carbons (Fsp3) is 0.185. The average Bonchev–Trinajstić information content (AvgIpc) is 2.88. The number of anilines is 1. The summed E-state index contributed by atoms with van der Waals surface area (Å²) >= 11 is 1.28. The number of nitrogens with one attached hydrogen (secondary N) is 1. The quantitative estimate of drug-likeness (QED) is 0.310. The first kappa shape index (κ1) is 22.7. The maximum Gasteiger partial charge on any atom is 0.234 e. The number of hydrogen-bond donors (Lipinski definition) is 1. The second kappa shape index (κ2) is 10.9. The van der Waals surface area contributed by atoms with Gasteiger partial charge < -0.3 is 5.32 Å². The molecule has 6 heteroatoms. The number of carbonyl (C=O) groups excluding carboxylic acids is 1. The summed E-state index contributed by atoms with van der Waals surface area (Å²) < 4.78 is 0. The van der Waals surface area contributed by atoms with Gasteiger partial charge in [-0.3, -0.25) is 4.79 Å². The zero-order valence-corrected chi connectivity index (χ0v) is 19.5. The van der Waals surface area contributed by atoms with Crippen LogP contribution in [0.4, 0.5) is 5.69 Å². The number of carbonyl (C=O) groups is 1. The smallest absolute Gasteiger partial charge is 0.234 e. The van der Waals surface area contributed by atoms with Crippen molar-refractivity contribution in [2.24, 2.45) is 0 Å². The monoisotopic (exact) mass is 454 g/mol. The first-order chi connectivity index (χ1) is 16.1. The first-order valence-corrected chi connectivity index (χ1v) is 12.0. The van der Waals surface area contributed by atoms with Crippen molar-refractivity contribution < 1.29 is 4.79 Å². The van der Waals surface area contributed by atoms with Crippen molar-refractivity contribution in [3.8, 4) is 22.5 Å². The molecule has 1 amide bonds. The summed E-state index contributed by atoms with van der Waals surface area (Å²) in [6.07, 6.45) is 1.09. The molecule has 0 aliphatic rings. The third kappa shape index (κ3) is 5.84. The molecule has 0 radical (unpaired) electrons. The van der Waals surface area contributed by atoms with Crippen molar-refractivity contribution in [1.29, 1.82) is 0 Å². The summed E-state index contributed by atoms with van der Waals surface area (Å²) in [7, 11) is 0. The predicted molar refractivity (Wildman–Crippen MR) is 135 cm³/mol. The third-order valence-electron chi connectivity index (χ3n) is 5.47.